The molecule has 1 N–H and O–H groups in total. The second-order valence-electron chi connectivity index (χ2n) is 7.41. The number of ether oxygens (including phenoxy) is 1. The van der Waals surface area contributed by atoms with Crippen LogP contribution in [0.3, 0.4) is 0 Å². The van der Waals surface area contributed by atoms with Gasteiger partial charge in [0.25, 0.3) is 5.56 Å². The fourth-order valence-corrected chi connectivity index (χ4v) is 4.13. The Kier molecular flexibility index (Phi) is 3.69. The van der Waals surface area contributed by atoms with Crippen LogP contribution in [0.25, 0.3) is 10.8 Å². The summed E-state index contributed by atoms with van der Waals surface area (Å²) >= 11 is 0. The lowest BCUT2D eigenvalue weighted by atomic mass is 9.86. The number of nitrogens with zero attached hydrogens (tertiary/aromatic N) is 3. The van der Waals surface area contributed by atoms with E-state index in [4.69, 9.17) is 4.74 Å². The summed E-state index contributed by atoms with van der Waals surface area (Å²) in [6.07, 6.45) is 6.50. The zero-order chi connectivity index (χ0) is 17.7. The average molecular weight is 350 g/mol. The molecule has 0 saturated carbocycles. The highest BCUT2D eigenvalue weighted by Gasteiger charge is 2.33. The van der Waals surface area contributed by atoms with Gasteiger partial charge in [-0.15, -0.1) is 0 Å². The molecule has 0 bridgehead atoms. The van der Waals surface area contributed by atoms with E-state index < -0.39 is 0 Å². The van der Waals surface area contributed by atoms with E-state index in [0.29, 0.717) is 5.39 Å². The van der Waals surface area contributed by atoms with Crippen molar-refractivity contribution < 1.29 is 4.74 Å². The van der Waals surface area contributed by atoms with Crippen molar-refractivity contribution in [3.63, 3.8) is 0 Å². The maximum atomic E-state index is 12.1. The van der Waals surface area contributed by atoms with E-state index in [1.165, 1.54) is 5.57 Å². The van der Waals surface area contributed by atoms with E-state index in [-0.39, 0.29) is 17.6 Å². The minimum Gasteiger partial charge on any atom is -0.485 e. The molecule has 6 nitrogen and oxygen atoms in total. The predicted molar refractivity (Wildman–Crippen MR) is 101 cm³/mol. The predicted octanol–water partition coefficient (Wildman–Crippen LogP) is 1.51. The van der Waals surface area contributed by atoms with Crippen molar-refractivity contribution in [2.45, 2.75) is 12.0 Å². The van der Waals surface area contributed by atoms with Gasteiger partial charge >= 0.3 is 0 Å². The first-order valence-electron chi connectivity index (χ1n) is 9.17. The molecule has 5 rings (SSSR count). The van der Waals surface area contributed by atoms with E-state index in [1.54, 1.807) is 0 Å². The molecule has 2 unspecified atom stereocenters. The molecule has 26 heavy (non-hydrogen) atoms. The van der Waals surface area contributed by atoms with Gasteiger partial charge in [-0.1, -0.05) is 18.2 Å². The van der Waals surface area contributed by atoms with Gasteiger partial charge in [-0.25, -0.2) is 5.10 Å². The minimum absolute atomic E-state index is 0.0386. The Bertz CT molecular complexity index is 969. The third-order valence-electron chi connectivity index (χ3n) is 5.63. The summed E-state index contributed by atoms with van der Waals surface area (Å²) in [6.45, 7) is 5.36. The van der Waals surface area contributed by atoms with Gasteiger partial charge in [0, 0.05) is 32.7 Å². The molecule has 0 spiro atoms. The first-order chi connectivity index (χ1) is 12.7. The number of H-pyrrole nitrogens is 1. The number of benzene rings is 1. The van der Waals surface area contributed by atoms with Crippen molar-refractivity contribution in [2.24, 2.45) is 0 Å². The van der Waals surface area contributed by atoms with Crippen molar-refractivity contribution in [2.75, 3.05) is 39.8 Å². The van der Waals surface area contributed by atoms with Crippen LogP contribution < -0.4 is 10.3 Å². The Balaban J connectivity index is 1.49. The lowest BCUT2D eigenvalue weighted by Crippen LogP contribution is -2.45. The number of likely N-dealkylation sites (N-methyl/N-ethyl adjacent to an activating group) is 1. The molecule has 1 aromatic heterocycles. The highest BCUT2D eigenvalue weighted by Crippen LogP contribution is 2.41. The number of aromatic nitrogens is 2. The molecule has 3 heterocycles. The quantitative estimate of drug-likeness (QED) is 0.890. The van der Waals surface area contributed by atoms with Gasteiger partial charge < -0.3 is 9.64 Å². The van der Waals surface area contributed by atoms with Gasteiger partial charge in [-0.2, -0.15) is 5.10 Å². The van der Waals surface area contributed by atoms with E-state index >= 15 is 0 Å². The number of fused-ring (bicyclic) bond motifs is 2. The number of hydrogen-bond acceptors (Lipinski definition) is 5. The fraction of sp³-hybridized carbons (Fsp3) is 0.400. The minimum atomic E-state index is -0.166. The molecule has 2 aromatic rings. The Morgan fingerprint density at radius 1 is 1.27 bits per heavy atom. The van der Waals surface area contributed by atoms with Gasteiger partial charge in [0.1, 0.15) is 11.9 Å². The summed E-state index contributed by atoms with van der Waals surface area (Å²) < 4.78 is 6.17. The highest BCUT2D eigenvalue weighted by molar-refractivity contribution is 5.91. The normalized spacial score (nSPS) is 25.7. The molecule has 1 saturated heterocycles. The molecule has 1 aromatic carbocycles. The Morgan fingerprint density at radius 2 is 2.12 bits per heavy atom. The van der Waals surface area contributed by atoms with E-state index in [0.717, 1.165) is 49.6 Å². The molecule has 1 aliphatic carbocycles. The maximum Gasteiger partial charge on any atom is 0.272 e. The van der Waals surface area contributed by atoms with Crippen LogP contribution in [-0.4, -0.2) is 65.9 Å². The van der Waals surface area contributed by atoms with Gasteiger partial charge in [-0.3, -0.25) is 9.69 Å². The molecule has 134 valence electrons. The Hall–Kier alpha value is -2.44. The van der Waals surface area contributed by atoms with Crippen LogP contribution in [0.15, 0.2) is 46.8 Å². The van der Waals surface area contributed by atoms with Gasteiger partial charge in [0.2, 0.25) is 0 Å². The first-order valence-corrected chi connectivity index (χ1v) is 9.17. The van der Waals surface area contributed by atoms with Crippen molar-refractivity contribution in [1.29, 1.82) is 0 Å². The van der Waals surface area contributed by atoms with E-state index in [9.17, 15) is 4.79 Å². The zero-order valence-corrected chi connectivity index (χ0v) is 14.8. The number of rotatable bonds is 2. The molecule has 0 amide bonds. The summed E-state index contributed by atoms with van der Waals surface area (Å²) in [7, 11) is 2.17. The van der Waals surface area contributed by atoms with Gasteiger partial charge in [-0.05, 0) is 30.8 Å². The maximum absolute atomic E-state index is 12.1. The molecule has 2 aliphatic heterocycles. The lowest BCUT2D eigenvalue weighted by Gasteiger charge is -2.35. The molecule has 3 aliphatic rings. The number of piperazine rings is 1. The van der Waals surface area contributed by atoms with Crippen LogP contribution in [0.5, 0.6) is 5.75 Å². The highest BCUT2D eigenvalue weighted by atomic mass is 16.5. The fourth-order valence-electron chi connectivity index (χ4n) is 4.13. The summed E-state index contributed by atoms with van der Waals surface area (Å²) in [6, 6.07) is 5.61. The molecule has 6 heteroatoms. The van der Waals surface area contributed by atoms with Crippen LogP contribution in [-0.2, 0) is 0 Å². The monoisotopic (exact) mass is 350 g/mol. The first kappa shape index (κ1) is 15.8. The Morgan fingerprint density at radius 3 is 2.96 bits per heavy atom. The topological polar surface area (TPSA) is 61.5 Å². The largest absolute Gasteiger partial charge is 0.485 e. The van der Waals surface area contributed by atoms with Gasteiger partial charge in [0.15, 0.2) is 0 Å². The number of nitrogens with one attached hydrogen (secondary N) is 1. The standard InChI is InChI=1S/C20H22N4O2/c1-23-7-9-24(10-8-23)12-13-5-6-16-15(11-13)19-18-14(20(25)22-21-19)3-2-4-17(18)26-16/h2-6,11,15-16H,7-10,12H2,1H3,(H,22,25). The van der Waals surface area contributed by atoms with Crippen molar-refractivity contribution in [1.82, 2.24) is 20.0 Å². The number of aromatic amines is 1. The molecular weight excluding hydrogens is 328 g/mol. The summed E-state index contributed by atoms with van der Waals surface area (Å²) in [4.78, 5) is 17.0. The SMILES string of the molecule is CN1CCN(CC2=CC3c4n[nH]c(=O)c5cccc(c45)OC3C=C2)CC1. The molecule has 1 fully saturated rings. The van der Waals surface area contributed by atoms with Crippen molar-refractivity contribution >= 4 is 10.8 Å². The third kappa shape index (κ3) is 2.57. The lowest BCUT2D eigenvalue weighted by molar-refractivity contribution is 0.164. The second-order valence-corrected chi connectivity index (χ2v) is 7.41. The van der Waals surface area contributed by atoms with Crippen LogP contribution in [0, 0.1) is 0 Å². The van der Waals surface area contributed by atoms with Crippen molar-refractivity contribution in [3.8, 4) is 5.75 Å². The van der Waals surface area contributed by atoms with Crippen LogP contribution >= 0.6 is 0 Å². The molecule has 0 radical (unpaired) electrons. The van der Waals surface area contributed by atoms with Crippen LogP contribution in [0.2, 0.25) is 0 Å². The summed E-state index contributed by atoms with van der Waals surface area (Å²) in [5, 5.41) is 8.55. The summed E-state index contributed by atoms with van der Waals surface area (Å²) in [5.41, 5.74) is 2.03. The average Bonchev–Trinajstić information content (AvgIpc) is 2.66. The summed E-state index contributed by atoms with van der Waals surface area (Å²) in [5.74, 6) is 0.787. The molecule has 2 atom stereocenters. The number of hydrogen-bond donors (Lipinski definition) is 1. The van der Waals surface area contributed by atoms with Gasteiger partial charge in [0.05, 0.1) is 22.4 Å². The molecular formula is C20H22N4O2. The van der Waals surface area contributed by atoms with E-state index in [1.807, 2.05) is 18.2 Å². The van der Waals surface area contributed by atoms with E-state index in [2.05, 4.69) is 45.3 Å². The Labute approximate surface area is 151 Å². The van der Waals surface area contributed by atoms with Crippen molar-refractivity contribution in [3.05, 3.63) is 58.0 Å². The second kappa shape index (κ2) is 6.07. The van der Waals surface area contributed by atoms with Crippen LogP contribution in [0.4, 0.5) is 0 Å². The van der Waals surface area contributed by atoms with Crippen LogP contribution in [0.1, 0.15) is 11.6 Å². The third-order valence-corrected chi connectivity index (χ3v) is 5.63. The zero-order valence-electron chi connectivity index (χ0n) is 14.8. The smallest absolute Gasteiger partial charge is 0.272 e.